The van der Waals surface area contributed by atoms with Crippen LogP contribution in [0.15, 0.2) is 28.7 Å². The van der Waals surface area contributed by atoms with Gasteiger partial charge in [0.2, 0.25) is 0 Å². The Morgan fingerprint density at radius 2 is 2.23 bits per heavy atom. The number of thiophene rings is 1. The number of sulfonamides is 1. The fourth-order valence-corrected chi connectivity index (χ4v) is 6.16. The lowest BCUT2D eigenvalue weighted by Crippen LogP contribution is -2.39. The summed E-state index contributed by atoms with van der Waals surface area (Å²) in [4.78, 5) is 4.41. The molecule has 0 spiro atoms. The molecule has 0 aliphatic carbocycles. The van der Waals surface area contributed by atoms with Crippen LogP contribution in [0.25, 0.3) is 0 Å². The first-order valence-corrected chi connectivity index (χ1v) is 9.95. The van der Waals surface area contributed by atoms with Crippen molar-refractivity contribution in [3.8, 4) is 0 Å². The number of aromatic nitrogens is 2. The van der Waals surface area contributed by atoms with Crippen molar-refractivity contribution in [1.29, 1.82) is 0 Å². The smallest absolute Gasteiger partial charge is 0.253 e. The van der Waals surface area contributed by atoms with Crippen LogP contribution in [-0.2, 0) is 16.6 Å². The summed E-state index contributed by atoms with van der Waals surface area (Å²) in [7, 11) is -3.53. The zero-order valence-electron chi connectivity index (χ0n) is 12.3. The maximum Gasteiger partial charge on any atom is 0.253 e. The third-order valence-electron chi connectivity index (χ3n) is 3.95. The third-order valence-corrected chi connectivity index (χ3v) is 7.56. The highest BCUT2D eigenvalue weighted by Crippen LogP contribution is 2.37. The van der Waals surface area contributed by atoms with Gasteiger partial charge in [0.05, 0.1) is 10.4 Å². The Balaban J connectivity index is 2.00. The Kier molecular flexibility index (Phi) is 4.59. The second-order valence-corrected chi connectivity index (χ2v) is 9.09. The number of halogens is 1. The van der Waals surface area contributed by atoms with E-state index in [4.69, 9.17) is 11.6 Å². The summed E-state index contributed by atoms with van der Waals surface area (Å²) in [6, 6.07) is 3.01. The Labute approximate surface area is 139 Å². The summed E-state index contributed by atoms with van der Waals surface area (Å²) < 4.78 is 30.3. The molecule has 0 radical (unpaired) electrons. The number of rotatable bonds is 4. The van der Waals surface area contributed by atoms with Gasteiger partial charge in [0.15, 0.2) is 0 Å². The van der Waals surface area contributed by atoms with Gasteiger partial charge in [0.1, 0.15) is 10.0 Å². The molecule has 3 rings (SSSR count). The van der Waals surface area contributed by atoms with Crippen LogP contribution < -0.4 is 0 Å². The maximum atomic E-state index is 12.9. The van der Waals surface area contributed by atoms with Crippen molar-refractivity contribution in [2.75, 3.05) is 6.54 Å². The number of aryl methyl sites for hydroxylation is 1. The molecule has 0 N–H and O–H groups in total. The molecule has 3 heterocycles. The molecule has 1 unspecified atom stereocenters. The van der Waals surface area contributed by atoms with Crippen LogP contribution in [0.3, 0.4) is 0 Å². The van der Waals surface area contributed by atoms with Crippen LogP contribution in [0, 0.1) is 0 Å². The van der Waals surface area contributed by atoms with Gasteiger partial charge in [0, 0.05) is 25.5 Å². The van der Waals surface area contributed by atoms with Gasteiger partial charge in [-0.2, -0.15) is 4.31 Å². The van der Waals surface area contributed by atoms with Crippen molar-refractivity contribution in [2.24, 2.45) is 0 Å². The van der Waals surface area contributed by atoms with Gasteiger partial charge < -0.3 is 4.57 Å². The van der Waals surface area contributed by atoms with Crippen molar-refractivity contribution in [3.05, 3.63) is 34.7 Å². The second kappa shape index (κ2) is 6.31. The highest BCUT2D eigenvalue weighted by Gasteiger charge is 2.37. The molecule has 1 fully saturated rings. The van der Waals surface area contributed by atoms with E-state index in [-0.39, 0.29) is 6.04 Å². The lowest BCUT2D eigenvalue weighted by molar-refractivity contribution is 0.242. The molecule has 2 aromatic heterocycles. The lowest BCUT2D eigenvalue weighted by Gasteiger charge is -2.34. The van der Waals surface area contributed by atoms with E-state index in [1.807, 2.05) is 17.7 Å². The number of piperidine rings is 1. The first-order chi connectivity index (χ1) is 10.5. The SMILES string of the molecule is CCn1ccnc1C1CCCCN1S(=O)(=O)c1ccc(Cl)s1. The van der Waals surface area contributed by atoms with Gasteiger partial charge in [-0.15, -0.1) is 11.3 Å². The molecule has 1 aliphatic heterocycles. The van der Waals surface area contributed by atoms with Crippen LogP contribution in [0.4, 0.5) is 0 Å². The molecule has 1 saturated heterocycles. The van der Waals surface area contributed by atoms with Crippen LogP contribution in [0.1, 0.15) is 38.1 Å². The highest BCUT2D eigenvalue weighted by atomic mass is 35.5. The molecule has 0 saturated carbocycles. The normalized spacial score (nSPS) is 20.4. The Morgan fingerprint density at radius 1 is 1.41 bits per heavy atom. The number of hydrogen-bond donors (Lipinski definition) is 0. The van der Waals surface area contributed by atoms with Crippen LogP contribution in [-0.4, -0.2) is 28.8 Å². The van der Waals surface area contributed by atoms with Crippen LogP contribution in [0.2, 0.25) is 4.34 Å². The molecule has 0 aromatic carbocycles. The van der Waals surface area contributed by atoms with Gasteiger partial charge in [-0.05, 0) is 31.9 Å². The predicted octanol–water partition coefficient (Wildman–Crippen LogP) is 3.53. The summed E-state index contributed by atoms with van der Waals surface area (Å²) in [6.45, 7) is 3.34. The van der Waals surface area contributed by atoms with Crippen molar-refractivity contribution in [3.63, 3.8) is 0 Å². The average molecular weight is 360 g/mol. The minimum absolute atomic E-state index is 0.199. The summed E-state index contributed by atoms with van der Waals surface area (Å²) in [5.41, 5.74) is 0. The van der Waals surface area contributed by atoms with Gasteiger partial charge in [-0.3, -0.25) is 0 Å². The first kappa shape index (κ1) is 16.0. The van der Waals surface area contributed by atoms with E-state index >= 15 is 0 Å². The van der Waals surface area contributed by atoms with Gasteiger partial charge in [0.25, 0.3) is 10.0 Å². The molecule has 0 amide bonds. The molecule has 0 bridgehead atoms. The van der Waals surface area contributed by atoms with Crippen molar-refractivity contribution >= 4 is 33.0 Å². The molecule has 22 heavy (non-hydrogen) atoms. The third kappa shape index (κ3) is 2.82. The van der Waals surface area contributed by atoms with Crippen molar-refractivity contribution < 1.29 is 8.42 Å². The number of imidazole rings is 1. The summed E-state index contributed by atoms with van der Waals surface area (Å²) in [6.07, 6.45) is 6.33. The molecule has 1 aliphatic rings. The molecule has 1 atom stereocenters. The zero-order valence-corrected chi connectivity index (χ0v) is 14.7. The molecule has 2 aromatic rings. The average Bonchev–Trinajstić information content (AvgIpc) is 3.15. The first-order valence-electron chi connectivity index (χ1n) is 7.32. The summed E-state index contributed by atoms with van der Waals surface area (Å²) in [5.74, 6) is 0.827. The minimum Gasteiger partial charge on any atom is -0.334 e. The molecular weight excluding hydrogens is 342 g/mol. The van der Waals surface area contributed by atoms with E-state index in [1.54, 1.807) is 22.6 Å². The van der Waals surface area contributed by atoms with E-state index in [2.05, 4.69) is 4.98 Å². The largest absolute Gasteiger partial charge is 0.334 e. The maximum absolute atomic E-state index is 12.9. The van der Waals surface area contributed by atoms with E-state index < -0.39 is 10.0 Å². The Hall–Kier alpha value is -0.890. The minimum atomic E-state index is -3.53. The predicted molar refractivity (Wildman–Crippen MR) is 87.7 cm³/mol. The Bertz CT molecular complexity index is 754. The quantitative estimate of drug-likeness (QED) is 0.839. The van der Waals surface area contributed by atoms with Gasteiger partial charge in [-0.25, -0.2) is 13.4 Å². The van der Waals surface area contributed by atoms with E-state index in [9.17, 15) is 8.42 Å². The van der Waals surface area contributed by atoms with E-state index in [1.165, 1.54) is 0 Å². The fourth-order valence-electron chi connectivity index (χ4n) is 2.89. The monoisotopic (exact) mass is 359 g/mol. The number of nitrogens with zero attached hydrogens (tertiary/aromatic N) is 3. The number of hydrogen-bond acceptors (Lipinski definition) is 4. The van der Waals surface area contributed by atoms with E-state index in [0.29, 0.717) is 15.1 Å². The van der Waals surface area contributed by atoms with Crippen molar-refractivity contribution in [2.45, 2.75) is 43.0 Å². The van der Waals surface area contributed by atoms with Crippen LogP contribution in [0.5, 0.6) is 0 Å². The molecule has 120 valence electrons. The van der Waals surface area contributed by atoms with Gasteiger partial charge >= 0.3 is 0 Å². The molecule has 5 nitrogen and oxygen atoms in total. The molecule has 8 heteroatoms. The van der Waals surface area contributed by atoms with Crippen LogP contribution >= 0.6 is 22.9 Å². The topological polar surface area (TPSA) is 55.2 Å². The molecular formula is C14H18ClN3O2S2. The fraction of sp³-hybridized carbons (Fsp3) is 0.500. The van der Waals surface area contributed by atoms with Gasteiger partial charge in [-0.1, -0.05) is 18.0 Å². The summed E-state index contributed by atoms with van der Waals surface area (Å²) in [5, 5.41) is 0. The lowest BCUT2D eigenvalue weighted by atomic mass is 10.0. The van der Waals surface area contributed by atoms with Crippen molar-refractivity contribution in [1.82, 2.24) is 13.9 Å². The zero-order chi connectivity index (χ0) is 15.7. The Morgan fingerprint density at radius 3 is 2.91 bits per heavy atom. The standard InChI is InChI=1S/C14H18ClN3O2S2/c1-2-17-10-8-16-14(17)11-5-3-4-9-18(11)22(19,20)13-7-6-12(15)21-13/h6-8,10-11H,2-5,9H2,1H3. The highest BCUT2D eigenvalue weighted by molar-refractivity contribution is 7.91. The van der Waals surface area contributed by atoms with E-state index in [0.717, 1.165) is 43.0 Å². The summed E-state index contributed by atoms with van der Waals surface area (Å²) >= 11 is 7.01. The second-order valence-electron chi connectivity index (χ2n) is 5.26.